The Morgan fingerprint density at radius 2 is 1.83 bits per heavy atom. The Morgan fingerprint density at radius 3 is 2.39 bits per heavy atom. The summed E-state index contributed by atoms with van der Waals surface area (Å²) >= 11 is 0. The molecule has 1 aliphatic carbocycles. The van der Waals surface area contributed by atoms with E-state index in [-0.39, 0.29) is 12.1 Å². The molecule has 0 bridgehead atoms. The van der Waals surface area contributed by atoms with Crippen molar-refractivity contribution in [2.75, 3.05) is 0 Å². The minimum Gasteiger partial charge on any atom is -0.369 e. The third-order valence-corrected chi connectivity index (χ3v) is 3.81. The number of ether oxygens (including phenoxy) is 1. The number of nitrogens with two attached hydrogens (primary N) is 1. The van der Waals surface area contributed by atoms with Crippen molar-refractivity contribution in [3.63, 3.8) is 0 Å². The number of hydrogen-bond donors (Lipinski definition) is 1. The van der Waals surface area contributed by atoms with E-state index in [0.29, 0.717) is 6.10 Å². The Balaban J connectivity index is 1.99. The van der Waals surface area contributed by atoms with E-state index in [9.17, 15) is 0 Å². The highest BCUT2D eigenvalue weighted by atomic mass is 16.5. The lowest BCUT2D eigenvalue weighted by Gasteiger charge is -2.31. The van der Waals surface area contributed by atoms with Crippen molar-refractivity contribution in [1.29, 1.82) is 0 Å². The van der Waals surface area contributed by atoms with Crippen LogP contribution in [0.2, 0.25) is 0 Å². The summed E-state index contributed by atoms with van der Waals surface area (Å²) in [5.41, 5.74) is 7.21. The van der Waals surface area contributed by atoms with Crippen molar-refractivity contribution in [1.82, 2.24) is 4.98 Å². The van der Waals surface area contributed by atoms with Crippen molar-refractivity contribution in [3.05, 3.63) is 30.1 Å². The van der Waals surface area contributed by atoms with Crippen LogP contribution in [0.3, 0.4) is 0 Å². The van der Waals surface area contributed by atoms with Gasteiger partial charge in [0.2, 0.25) is 0 Å². The quantitative estimate of drug-likeness (QED) is 0.890. The molecule has 0 spiro atoms. The zero-order chi connectivity index (χ0) is 13.0. The maximum atomic E-state index is 6.23. The summed E-state index contributed by atoms with van der Waals surface area (Å²) in [5, 5.41) is 0. The molecule has 3 nitrogen and oxygen atoms in total. The summed E-state index contributed by atoms with van der Waals surface area (Å²) < 4.78 is 6.23. The number of aromatic nitrogens is 1. The van der Waals surface area contributed by atoms with Gasteiger partial charge in [0, 0.05) is 18.4 Å². The third-order valence-electron chi connectivity index (χ3n) is 3.81. The van der Waals surface area contributed by atoms with Crippen LogP contribution in [0, 0.1) is 5.92 Å². The van der Waals surface area contributed by atoms with E-state index in [1.807, 2.05) is 19.1 Å². The number of nitrogens with zero attached hydrogens (tertiary/aromatic N) is 1. The molecule has 1 aliphatic rings. The standard InChI is InChI=1S/C15H24N2O/c1-11-3-5-14(6-4-11)18-15(12(2)16)13-7-9-17-10-8-13/h7-12,14-15H,3-6,16H2,1-2H3. The average molecular weight is 248 g/mol. The maximum Gasteiger partial charge on any atom is 0.0977 e. The number of pyridine rings is 1. The van der Waals surface area contributed by atoms with Crippen molar-refractivity contribution in [3.8, 4) is 0 Å². The van der Waals surface area contributed by atoms with Crippen LogP contribution in [0.1, 0.15) is 51.2 Å². The van der Waals surface area contributed by atoms with Crippen LogP contribution in [-0.4, -0.2) is 17.1 Å². The molecule has 1 heterocycles. The van der Waals surface area contributed by atoms with E-state index in [1.54, 1.807) is 12.4 Å². The third kappa shape index (κ3) is 3.53. The fraction of sp³-hybridized carbons (Fsp3) is 0.667. The first-order chi connectivity index (χ1) is 8.66. The molecule has 1 aromatic rings. The van der Waals surface area contributed by atoms with Gasteiger partial charge in [-0.15, -0.1) is 0 Å². The van der Waals surface area contributed by atoms with Crippen LogP contribution in [0.4, 0.5) is 0 Å². The van der Waals surface area contributed by atoms with Crippen LogP contribution in [0.15, 0.2) is 24.5 Å². The van der Waals surface area contributed by atoms with Crippen LogP contribution in [0.25, 0.3) is 0 Å². The van der Waals surface area contributed by atoms with Gasteiger partial charge in [0.1, 0.15) is 0 Å². The highest BCUT2D eigenvalue weighted by Gasteiger charge is 2.25. The van der Waals surface area contributed by atoms with E-state index >= 15 is 0 Å². The van der Waals surface area contributed by atoms with Crippen LogP contribution >= 0.6 is 0 Å². The second-order valence-corrected chi connectivity index (χ2v) is 5.58. The molecule has 0 amide bonds. The van der Waals surface area contributed by atoms with Gasteiger partial charge in [-0.3, -0.25) is 4.98 Å². The Morgan fingerprint density at radius 1 is 1.22 bits per heavy atom. The molecule has 0 radical (unpaired) electrons. The van der Waals surface area contributed by atoms with E-state index in [4.69, 9.17) is 10.5 Å². The predicted octanol–water partition coefficient (Wildman–Crippen LogP) is 3.07. The van der Waals surface area contributed by atoms with Crippen molar-refractivity contribution in [2.45, 2.75) is 57.8 Å². The second kappa shape index (κ2) is 6.30. The van der Waals surface area contributed by atoms with Gasteiger partial charge in [0.05, 0.1) is 12.2 Å². The van der Waals surface area contributed by atoms with E-state index < -0.39 is 0 Å². The zero-order valence-corrected chi connectivity index (χ0v) is 11.4. The molecule has 2 rings (SSSR count). The molecule has 2 atom stereocenters. The summed E-state index contributed by atoms with van der Waals surface area (Å²) in [6.07, 6.45) is 8.83. The molecule has 0 aromatic carbocycles. The predicted molar refractivity (Wildman–Crippen MR) is 73.1 cm³/mol. The smallest absolute Gasteiger partial charge is 0.0977 e. The molecular weight excluding hydrogens is 224 g/mol. The minimum atomic E-state index is -0.00796. The Kier molecular flexibility index (Phi) is 4.72. The van der Waals surface area contributed by atoms with E-state index in [2.05, 4.69) is 11.9 Å². The molecule has 2 N–H and O–H groups in total. The highest BCUT2D eigenvalue weighted by molar-refractivity contribution is 5.15. The lowest BCUT2D eigenvalue weighted by molar-refractivity contribution is -0.0459. The summed E-state index contributed by atoms with van der Waals surface area (Å²) in [6.45, 7) is 4.33. The SMILES string of the molecule is CC1CCC(OC(c2ccncc2)C(C)N)CC1. The van der Waals surface area contributed by atoms with E-state index in [1.165, 1.54) is 12.8 Å². The second-order valence-electron chi connectivity index (χ2n) is 5.58. The van der Waals surface area contributed by atoms with Gasteiger partial charge in [-0.2, -0.15) is 0 Å². The summed E-state index contributed by atoms with van der Waals surface area (Å²) in [6, 6.07) is 4.01. The Hall–Kier alpha value is -0.930. The zero-order valence-electron chi connectivity index (χ0n) is 11.4. The topological polar surface area (TPSA) is 48.1 Å². The van der Waals surface area contributed by atoms with Gasteiger partial charge >= 0.3 is 0 Å². The molecule has 100 valence electrons. The molecule has 18 heavy (non-hydrogen) atoms. The Labute approximate surface area is 110 Å². The fourth-order valence-electron chi connectivity index (χ4n) is 2.63. The summed E-state index contributed by atoms with van der Waals surface area (Å²) in [4.78, 5) is 4.05. The van der Waals surface area contributed by atoms with Crippen LogP contribution in [0.5, 0.6) is 0 Å². The largest absolute Gasteiger partial charge is 0.369 e. The first-order valence-corrected chi connectivity index (χ1v) is 6.97. The van der Waals surface area contributed by atoms with Gasteiger partial charge < -0.3 is 10.5 Å². The maximum absolute atomic E-state index is 6.23. The molecule has 1 aromatic heterocycles. The van der Waals surface area contributed by atoms with Gasteiger partial charge in [0.25, 0.3) is 0 Å². The number of hydrogen-bond acceptors (Lipinski definition) is 3. The van der Waals surface area contributed by atoms with Crippen molar-refractivity contribution >= 4 is 0 Å². The molecule has 1 saturated carbocycles. The van der Waals surface area contributed by atoms with Gasteiger partial charge in [0.15, 0.2) is 0 Å². The summed E-state index contributed by atoms with van der Waals surface area (Å²) in [7, 11) is 0. The number of rotatable bonds is 4. The first kappa shape index (κ1) is 13.5. The van der Waals surface area contributed by atoms with Crippen molar-refractivity contribution in [2.24, 2.45) is 11.7 Å². The Bertz CT molecular complexity index is 345. The summed E-state index contributed by atoms with van der Waals surface area (Å²) in [5.74, 6) is 0.847. The van der Waals surface area contributed by atoms with Gasteiger partial charge in [-0.1, -0.05) is 6.92 Å². The molecule has 0 saturated heterocycles. The van der Waals surface area contributed by atoms with Crippen molar-refractivity contribution < 1.29 is 4.74 Å². The molecule has 3 heteroatoms. The van der Waals surface area contributed by atoms with E-state index in [0.717, 1.165) is 24.3 Å². The normalized spacial score (nSPS) is 27.7. The van der Waals surface area contributed by atoms with Gasteiger partial charge in [-0.05, 0) is 56.2 Å². The molecule has 0 aliphatic heterocycles. The molecule has 1 fully saturated rings. The van der Waals surface area contributed by atoms with Gasteiger partial charge in [-0.25, -0.2) is 0 Å². The molecular formula is C15H24N2O. The lowest BCUT2D eigenvalue weighted by atomic mass is 9.88. The highest BCUT2D eigenvalue weighted by Crippen LogP contribution is 2.30. The average Bonchev–Trinajstić information content (AvgIpc) is 2.38. The van der Waals surface area contributed by atoms with Crippen LogP contribution < -0.4 is 5.73 Å². The monoisotopic (exact) mass is 248 g/mol. The molecule has 2 unspecified atom stereocenters. The first-order valence-electron chi connectivity index (χ1n) is 6.97. The minimum absolute atomic E-state index is 0.00625. The lowest BCUT2D eigenvalue weighted by Crippen LogP contribution is -2.32. The fourth-order valence-corrected chi connectivity index (χ4v) is 2.63. The van der Waals surface area contributed by atoms with Crippen LogP contribution in [-0.2, 0) is 4.74 Å².